The minimum Gasteiger partial charge on any atom is -0.435 e. The number of carbonyl (C=O) groups is 2. The zero-order chi connectivity index (χ0) is 15.2. The molecular formula is C16H20O4. The second-order valence-electron chi connectivity index (χ2n) is 3.68. The Balaban J connectivity index is 0.000000441. The molecule has 1 aromatic carbocycles. The van der Waals surface area contributed by atoms with Crippen LogP contribution in [0.1, 0.15) is 25.8 Å². The molecular weight excluding hydrogens is 256 g/mol. The van der Waals surface area contributed by atoms with Crippen LogP contribution in [-0.4, -0.2) is 11.9 Å². The molecule has 0 atom stereocenters. The molecule has 0 bridgehead atoms. The molecule has 0 heterocycles. The van der Waals surface area contributed by atoms with Crippen LogP contribution in [0.25, 0.3) is 0 Å². The second-order valence-corrected chi connectivity index (χ2v) is 3.68. The Hall–Kier alpha value is -2.36. The van der Waals surface area contributed by atoms with Gasteiger partial charge in [0.05, 0.1) is 12.5 Å². The first-order valence-corrected chi connectivity index (χ1v) is 6.26. The highest BCUT2D eigenvalue weighted by Gasteiger charge is 1.89. The molecule has 0 radical (unpaired) electrons. The minimum atomic E-state index is -0.288. The van der Waals surface area contributed by atoms with Gasteiger partial charge in [0.2, 0.25) is 0 Å². The summed E-state index contributed by atoms with van der Waals surface area (Å²) in [5.41, 5.74) is 1.20. The fraction of sp³-hybridized carbons (Fsp3) is 0.250. The van der Waals surface area contributed by atoms with Gasteiger partial charge in [-0.2, -0.15) is 0 Å². The lowest BCUT2D eigenvalue weighted by atomic mass is 10.2. The van der Waals surface area contributed by atoms with Crippen LogP contribution in [0.2, 0.25) is 0 Å². The standard InChI is InChI=1S/C11H12O2.C5H8O2/c1-10(12)13-9-5-8-11-6-3-2-4-7-11;1-3-5(6)7-4-2/h2-7,9H,8H2,1H3;4H,2-3H2,1H3. The van der Waals surface area contributed by atoms with Gasteiger partial charge in [-0.05, 0) is 18.1 Å². The van der Waals surface area contributed by atoms with Crippen molar-refractivity contribution in [1.29, 1.82) is 0 Å². The van der Waals surface area contributed by atoms with Gasteiger partial charge in [0, 0.05) is 13.3 Å². The topological polar surface area (TPSA) is 52.6 Å². The van der Waals surface area contributed by atoms with Gasteiger partial charge in [-0.25, -0.2) is 0 Å². The predicted octanol–water partition coefficient (Wildman–Crippen LogP) is 3.39. The van der Waals surface area contributed by atoms with Crippen LogP contribution in [-0.2, 0) is 25.5 Å². The Bertz CT molecular complexity index is 435. The fourth-order valence-corrected chi connectivity index (χ4v) is 1.12. The summed E-state index contributed by atoms with van der Waals surface area (Å²) >= 11 is 0. The number of carbonyl (C=O) groups excluding carboxylic acids is 2. The first kappa shape index (κ1) is 17.6. The number of ether oxygens (including phenoxy) is 2. The predicted molar refractivity (Wildman–Crippen MR) is 77.6 cm³/mol. The quantitative estimate of drug-likeness (QED) is 0.611. The average Bonchev–Trinajstić information content (AvgIpc) is 2.45. The van der Waals surface area contributed by atoms with Crippen molar-refractivity contribution in [2.45, 2.75) is 26.7 Å². The summed E-state index contributed by atoms with van der Waals surface area (Å²) in [6, 6.07) is 9.99. The van der Waals surface area contributed by atoms with Gasteiger partial charge in [-0.1, -0.05) is 43.8 Å². The maximum atomic E-state index is 10.4. The second kappa shape index (κ2) is 11.7. The normalized spacial score (nSPS) is 9.30. The fourth-order valence-electron chi connectivity index (χ4n) is 1.12. The number of esters is 2. The van der Waals surface area contributed by atoms with E-state index in [0.717, 1.165) is 12.7 Å². The molecule has 0 N–H and O–H groups in total. The molecule has 0 aromatic heterocycles. The maximum absolute atomic E-state index is 10.4. The van der Waals surface area contributed by atoms with E-state index in [0.29, 0.717) is 6.42 Å². The summed E-state index contributed by atoms with van der Waals surface area (Å²) < 4.78 is 8.96. The molecule has 1 rings (SSSR count). The van der Waals surface area contributed by atoms with E-state index in [1.54, 1.807) is 6.92 Å². The lowest BCUT2D eigenvalue weighted by Gasteiger charge is -1.94. The molecule has 4 nitrogen and oxygen atoms in total. The van der Waals surface area contributed by atoms with Crippen molar-refractivity contribution in [3.05, 3.63) is 61.1 Å². The Morgan fingerprint density at radius 3 is 2.30 bits per heavy atom. The van der Waals surface area contributed by atoms with Crippen LogP contribution in [0.3, 0.4) is 0 Å². The molecule has 0 saturated carbocycles. The smallest absolute Gasteiger partial charge is 0.310 e. The van der Waals surface area contributed by atoms with E-state index in [1.807, 2.05) is 36.4 Å². The third-order valence-corrected chi connectivity index (χ3v) is 2.03. The maximum Gasteiger partial charge on any atom is 0.310 e. The number of hydrogen-bond donors (Lipinski definition) is 0. The van der Waals surface area contributed by atoms with Crippen LogP contribution in [0.4, 0.5) is 0 Å². The van der Waals surface area contributed by atoms with Crippen LogP contribution in [0.5, 0.6) is 0 Å². The molecule has 4 heteroatoms. The van der Waals surface area contributed by atoms with E-state index in [2.05, 4.69) is 16.1 Å². The summed E-state index contributed by atoms with van der Waals surface area (Å²) in [6.45, 7) is 6.32. The van der Waals surface area contributed by atoms with Gasteiger partial charge in [0.1, 0.15) is 0 Å². The highest BCUT2D eigenvalue weighted by molar-refractivity contribution is 5.69. The zero-order valence-corrected chi connectivity index (χ0v) is 11.9. The van der Waals surface area contributed by atoms with Crippen molar-refractivity contribution in [3.63, 3.8) is 0 Å². The number of allylic oxidation sites excluding steroid dienone is 1. The third-order valence-electron chi connectivity index (χ3n) is 2.03. The zero-order valence-electron chi connectivity index (χ0n) is 11.9. The van der Waals surface area contributed by atoms with Crippen LogP contribution in [0, 0.1) is 0 Å². The summed E-state index contributed by atoms with van der Waals surface area (Å²) in [6.07, 6.45) is 5.57. The van der Waals surface area contributed by atoms with Crippen molar-refractivity contribution in [2.75, 3.05) is 0 Å². The van der Waals surface area contributed by atoms with Crippen LogP contribution >= 0.6 is 0 Å². The van der Waals surface area contributed by atoms with E-state index in [-0.39, 0.29) is 11.9 Å². The first-order valence-electron chi connectivity index (χ1n) is 6.26. The summed E-state index contributed by atoms with van der Waals surface area (Å²) in [4.78, 5) is 20.5. The van der Waals surface area contributed by atoms with Gasteiger partial charge in [0.15, 0.2) is 0 Å². The van der Waals surface area contributed by atoms with E-state index >= 15 is 0 Å². The highest BCUT2D eigenvalue weighted by atomic mass is 16.5. The lowest BCUT2D eigenvalue weighted by Crippen LogP contribution is -1.94. The Morgan fingerprint density at radius 1 is 1.20 bits per heavy atom. The van der Waals surface area contributed by atoms with Crippen LogP contribution < -0.4 is 0 Å². The van der Waals surface area contributed by atoms with Gasteiger partial charge >= 0.3 is 11.9 Å². The molecule has 0 unspecified atom stereocenters. The molecule has 20 heavy (non-hydrogen) atoms. The average molecular weight is 276 g/mol. The van der Waals surface area contributed by atoms with E-state index in [9.17, 15) is 9.59 Å². The molecule has 0 aliphatic heterocycles. The Morgan fingerprint density at radius 2 is 1.85 bits per heavy atom. The first-order chi connectivity index (χ1) is 9.60. The van der Waals surface area contributed by atoms with Crippen molar-refractivity contribution in [3.8, 4) is 0 Å². The summed E-state index contributed by atoms with van der Waals surface area (Å²) in [7, 11) is 0. The largest absolute Gasteiger partial charge is 0.435 e. The molecule has 0 amide bonds. The van der Waals surface area contributed by atoms with Gasteiger partial charge in [-0.15, -0.1) is 0 Å². The Kier molecular flexibility index (Phi) is 10.3. The van der Waals surface area contributed by atoms with E-state index in [4.69, 9.17) is 0 Å². The molecule has 0 aliphatic carbocycles. The number of rotatable bonds is 5. The molecule has 0 saturated heterocycles. The summed E-state index contributed by atoms with van der Waals surface area (Å²) in [5, 5.41) is 0. The number of benzene rings is 1. The molecule has 108 valence electrons. The molecule has 0 aliphatic rings. The molecule has 0 fully saturated rings. The molecule has 0 spiro atoms. The minimum absolute atomic E-state index is 0.241. The monoisotopic (exact) mass is 276 g/mol. The lowest BCUT2D eigenvalue weighted by molar-refractivity contribution is -0.137. The van der Waals surface area contributed by atoms with Crippen LogP contribution in [0.15, 0.2) is 55.5 Å². The SMILES string of the molecule is C=COC(=O)CC.CC(=O)OC=CCc1ccccc1. The third kappa shape index (κ3) is 10.8. The Labute approximate surface area is 119 Å². The van der Waals surface area contributed by atoms with Crippen molar-refractivity contribution < 1.29 is 19.1 Å². The van der Waals surface area contributed by atoms with Crippen molar-refractivity contribution >= 4 is 11.9 Å². The number of hydrogen-bond acceptors (Lipinski definition) is 4. The van der Waals surface area contributed by atoms with E-state index in [1.165, 1.54) is 18.7 Å². The summed E-state index contributed by atoms with van der Waals surface area (Å²) in [5.74, 6) is -0.528. The highest BCUT2D eigenvalue weighted by Crippen LogP contribution is 1.99. The van der Waals surface area contributed by atoms with Gasteiger partial charge in [-0.3, -0.25) is 9.59 Å². The van der Waals surface area contributed by atoms with Crippen molar-refractivity contribution in [2.24, 2.45) is 0 Å². The van der Waals surface area contributed by atoms with Crippen molar-refractivity contribution in [1.82, 2.24) is 0 Å². The van der Waals surface area contributed by atoms with Gasteiger partial charge < -0.3 is 9.47 Å². The van der Waals surface area contributed by atoms with Gasteiger partial charge in [0.25, 0.3) is 0 Å². The molecule has 1 aromatic rings. The van der Waals surface area contributed by atoms with E-state index < -0.39 is 0 Å².